The van der Waals surface area contributed by atoms with E-state index < -0.39 is 0 Å². The maximum atomic E-state index is 12.1. The zero-order valence-electron chi connectivity index (χ0n) is 10.6. The highest BCUT2D eigenvalue weighted by Crippen LogP contribution is 2.20. The largest absolute Gasteiger partial charge is 0.294 e. The normalized spacial score (nSPS) is 12.4. The topological polar surface area (TPSA) is 30.0 Å². The molecule has 0 fully saturated rings. The van der Waals surface area contributed by atoms with Crippen LogP contribution in [0.5, 0.6) is 0 Å². The van der Waals surface area contributed by atoms with Gasteiger partial charge in [0.05, 0.1) is 0 Å². The number of pyridine rings is 1. The summed E-state index contributed by atoms with van der Waals surface area (Å²) in [6, 6.07) is 1.85. The van der Waals surface area contributed by atoms with Crippen molar-refractivity contribution in [3.05, 3.63) is 28.5 Å². The second kappa shape index (κ2) is 7.59. The minimum atomic E-state index is 0.210. The van der Waals surface area contributed by atoms with Gasteiger partial charge in [-0.05, 0) is 27.9 Å². The fraction of sp³-hybridized carbons (Fsp3) is 0.571. The highest BCUT2D eigenvalue weighted by atomic mass is 79.9. The maximum Gasteiger partial charge on any atom is 0.164 e. The Bertz CT molecular complexity index is 365. The summed E-state index contributed by atoms with van der Waals surface area (Å²) in [5.41, 5.74) is 0.717. The van der Waals surface area contributed by atoms with Gasteiger partial charge < -0.3 is 0 Å². The number of nitrogens with zero attached hydrogens (tertiary/aromatic N) is 1. The molecule has 0 aliphatic rings. The molecule has 3 heteroatoms. The van der Waals surface area contributed by atoms with Crippen LogP contribution in [0, 0.1) is 5.92 Å². The van der Waals surface area contributed by atoms with E-state index in [-0.39, 0.29) is 5.78 Å². The van der Waals surface area contributed by atoms with Crippen LogP contribution >= 0.6 is 15.9 Å². The molecule has 0 aromatic carbocycles. The van der Waals surface area contributed by atoms with Gasteiger partial charge in [0.15, 0.2) is 5.78 Å². The Labute approximate surface area is 112 Å². The number of halogens is 1. The van der Waals surface area contributed by atoms with E-state index in [0.29, 0.717) is 17.9 Å². The number of carbonyl (C=O) groups excluding carboxylic acids is 1. The van der Waals surface area contributed by atoms with E-state index in [4.69, 9.17) is 0 Å². The molecule has 0 saturated heterocycles. The molecule has 0 saturated carbocycles. The third kappa shape index (κ3) is 4.99. The zero-order chi connectivity index (χ0) is 12.7. The third-order valence-electron chi connectivity index (χ3n) is 3.04. The number of Topliss-reactive ketones (excluding diaryl/α,β-unsaturated/α-hetero) is 1. The van der Waals surface area contributed by atoms with Crippen LogP contribution in [-0.2, 0) is 0 Å². The molecule has 2 nitrogen and oxygen atoms in total. The van der Waals surface area contributed by atoms with Crippen molar-refractivity contribution < 1.29 is 4.79 Å². The number of unbranched alkanes of at least 4 members (excludes halogenated alkanes) is 1. The van der Waals surface area contributed by atoms with Crippen molar-refractivity contribution in [2.45, 2.75) is 46.0 Å². The molecular weight excluding hydrogens is 278 g/mol. The van der Waals surface area contributed by atoms with Crippen molar-refractivity contribution in [3.8, 4) is 0 Å². The van der Waals surface area contributed by atoms with E-state index in [1.165, 1.54) is 12.8 Å². The van der Waals surface area contributed by atoms with E-state index in [2.05, 4.69) is 34.8 Å². The number of rotatable bonds is 7. The van der Waals surface area contributed by atoms with Crippen LogP contribution in [0.1, 0.15) is 56.3 Å². The van der Waals surface area contributed by atoms with Crippen LogP contribution in [0.3, 0.4) is 0 Å². The van der Waals surface area contributed by atoms with Crippen molar-refractivity contribution in [1.82, 2.24) is 4.98 Å². The quantitative estimate of drug-likeness (QED) is 0.687. The molecule has 0 aliphatic heterocycles. The van der Waals surface area contributed by atoms with Crippen molar-refractivity contribution >= 4 is 21.7 Å². The molecular formula is C14H20BrNO. The van der Waals surface area contributed by atoms with Gasteiger partial charge >= 0.3 is 0 Å². The summed E-state index contributed by atoms with van der Waals surface area (Å²) >= 11 is 3.34. The van der Waals surface area contributed by atoms with Gasteiger partial charge in [0.2, 0.25) is 0 Å². The summed E-state index contributed by atoms with van der Waals surface area (Å²) in [4.78, 5) is 16.1. The predicted octanol–water partition coefficient (Wildman–Crippen LogP) is 4.63. The number of hydrogen-bond acceptors (Lipinski definition) is 2. The Morgan fingerprint density at radius 2 is 2.18 bits per heavy atom. The van der Waals surface area contributed by atoms with Crippen LogP contribution < -0.4 is 0 Å². The monoisotopic (exact) mass is 297 g/mol. The number of aromatic nitrogens is 1. The molecule has 94 valence electrons. The summed E-state index contributed by atoms with van der Waals surface area (Å²) in [6.45, 7) is 4.35. The van der Waals surface area contributed by atoms with Crippen molar-refractivity contribution in [2.75, 3.05) is 0 Å². The van der Waals surface area contributed by atoms with E-state index in [1.807, 2.05) is 6.07 Å². The van der Waals surface area contributed by atoms with Crippen LogP contribution in [0.4, 0.5) is 0 Å². The second-order valence-electron chi connectivity index (χ2n) is 4.44. The summed E-state index contributed by atoms with van der Waals surface area (Å²) in [5.74, 6) is 0.725. The van der Waals surface area contributed by atoms with Gasteiger partial charge in [0.25, 0.3) is 0 Å². The average Bonchev–Trinajstić information content (AvgIpc) is 2.34. The molecule has 1 aromatic rings. The first-order chi connectivity index (χ1) is 8.17. The SMILES string of the molecule is CCCCC(CC)CC(=O)c1cncc(Br)c1. The Morgan fingerprint density at radius 1 is 1.41 bits per heavy atom. The zero-order valence-corrected chi connectivity index (χ0v) is 12.2. The summed E-state index contributed by atoms with van der Waals surface area (Å²) < 4.78 is 0.866. The Balaban J connectivity index is 2.58. The van der Waals surface area contributed by atoms with Gasteiger partial charge in [-0.1, -0.05) is 39.5 Å². The van der Waals surface area contributed by atoms with Gasteiger partial charge in [-0.2, -0.15) is 0 Å². The first-order valence-electron chi connectivity index (χ1n) is 6.31. The average molecular weight is 298 g/mol. The maximum absolute atomic E-state index is 12.1. The molecule has 0 N–H and O–H groups in total. The predicted molar refractivity (Wildman–Crippen MR) is 74.2 cm³/mol. The van der Waals surface area contributed by atoms with E-state index in [0.717, 1.165) is 17.3 Å². The van der Waals surface area contributed by atoms with E-state index in [1.54, 1.807) is 12.4 Å². The van der Waals surface area contributed by atoms with E-state index in [9.17, 15) is 4.79 Å². The second-order valence-corrected chi connectivity index (χ2v) is 5.35. The Hall–Kier alpha value is -0.700. The molecule has 0 bridgehead atoms. The smallest absolute Gasteiger partial charge is 0.164 e. The van der Waals surface area contributed by atoms with Crippen LogP contribution in [0.15, 0.2) is 22.9 Å². The molecule has 0 aliphatic carbocycles. The molecule has 1 rings (SSSR count). The first-order valence-corrected chi connectivity index (χ1v) is 7.10. The van der Waals surface area contributed by atoms with Gasteiger partial charge in [-0.3, -0.25) is 9.78 Å². The minimum Gasteiger partial charge on any atom is -0.294 e. The molecule has 1 heterocycles. The molecule has 1 atom stereocenters. The molecule has 1 aromatic heterocycles. The van der Waals surface area contributed by atoms with Gasteiger partial charge in [0.1, 0.15) is 0 Å². The third-order valence-corrected chi connectivity index (χ3v) is 3.48. The Morgan fingerprint density at radius 3 is 2.76 bits per heavy atom. The van der Waals surface area contributed by atoms with Crippen LogP contribution in [-0.4, -0.2) is 10.8 Å². The van der Waals surface area contributed by atoms with Crippen molar-refractivity contribution in [3.63, 3.8) is 0 Å². The lowest BCUT2D eigenvalue weighted by Crippen LogP contribution is -2.08. The molecule has 0 spiro atoms. The Kier molecular flexibility index (Phi) is 6.41. The van der Waals surface area contributed by atoms with Crippen LogP contribution in [0.2, 0.25) is 0 Å². The lowest BCUT2D eigenvalue weighted by atomic mass is 9.92. The summed E-state index contributed by atoms with van der Waals surface area (Å²) in [6.07, 6.45) is 8.64. The fourth-order valence-electron chi connectivity index (χ4n) is 1.89. The fourth-order valence-corrected chi connectivity index (χ4v) is 2.25. The standard InChI is InChI=1S/C14H20BrNO/c1-3-5-6-11(4-2)7-14(17)12-8-13(15)10-16-9-12/h8-11H,3-7H2,1-2H3. The number of hydrogen-bond donors (Lipinski definition) is 0. The summed E-state index contributed by atoms with van der Waals surface area (Å²) in [5, 5.41) is 0. The summed E-state index contributed by atoms with van der Waals surface area (Å²) in [7, 11) is 0. The minimum absolute atomic E-state index is 0.210. The van der Waals surface area contributed by atoms with Crippen LogP contribution in [0.25, 0.3) is 0 Å². The van der Waals surface area contributed by atoms with Gasteiger partial charge in [-0.25, -0.2) is 0 Å². The number of carbonyl (C=O) groups is 1. The lowest BCUT2D eigenvalue weighted by Gasteiger charge is -2.13. The molecule has 17 heavy (non-hydrogen) atoms. The van der Waals surface area contributed by atoms with Crippen molar-refractivity contribution in [2.24, 2.45) is 5.92 Å². The lowest BCUT2D eigenvalue weighted by molar-refractivity contribution is 0.0956. The van der Waals surface area contributed by atoms with Gasteiger partial charge in [0, 0.05) is 28.9 Å². The molecule has 1 unspecified atom stereocenters. The van der Waals surface area contributed by atoms with E-state index >= 15 is 0 Å². The molecule has 0 amide bonds. The van der Waals surface area contributed by atoms with Crippen molar-refractivity contribution in [1.29, 1.82) is 0 Å². The first kappa shape index (κ1) is 14.4. The number of ketones is 1. The molecule has 0 radical (unpaired) electrons. The highest BCUT2D eigenvalue weighted by molar-refractivity contribution is 9.10. The highest BCUT2D eigenvalue weighted by Gasteiger charge is 2.13. The van der Waals surface area contributed by atoms with Gasteiger partial charge in [-0.15, -0.1) is 0 Å².